The molecule has 23 heavy (non-hydrogen) atoms. The molecule has 2 heterocycles. The zero-order valence-electron chi connectivity index (χ0n) is 12.8. The first kappa shape index (κ1) is 14.6. The number of fused-ring (bicyclic) bond motifs is 1. The molecular formula is C17H19N3O2S. The van der Waals surface area contributed by atoms with E-state index >= 15 is 0 Å². The Morgan fingerprint density at radius 1 is 1.17 bits per heavy atom. The van der Waals surface area contributed by atoms with Gasteiger partial charge in [-0.1, -0.05) is 6.42 Å². The van der Waals surface area contributed by atoms with Gasteiger partial charge < -0.3 is 9.88 Å². The molecule has 0 unspecified atom stereocenters. The average molecular weight is 329 g/mol. The van der Waals surface area contributed by atoms with Crippen molar-refractivity contribution in [2.75, 3.05) is 6.54 Å². The highest BCUT2D eigenvalue weighted by Gasteiger charge is 2.37. The van der Waals surface area contributed by atoms with Crippen molar-refractivity contribution in [1.82, 2.24) is 14.9 Å². The van der Waals surface area contributed by atoms with E-state index in [9.17, 15) is 9.59 Å². The highest BCUT2D eigenvalue weighted by Crippen LogP contribution is 2.37. The van der Waals surface area contributed by atoms with Gasteiger partial charge in [0.1, 0.15) is 0 Å². The first-order valence-corrected chi connectivity index (χ1v) is 8.61. The van der Waals surface area contributed by atoms with E-state index in [2.05, 4.69) is 9.97 Å². The maximum absolute atomic E-state index is 12.9. The third-order valence-electron chi connectivity index (χ3n) is 5.24. The van der Waals surface area contributed by atoms with Gasteiger partial charge in [0, 0.05) is 18.2 Å². The van der Waals surface area contributed by atoms with Crippen LogP contribution in [0.5, 0.6) is 0 Å². The second kappa shape index (κ2) is 5.60. The van der Waals surface area contributed by atoms with E-state index in [1.807, 2.05) is 4.90 Å². The van der Waals surface area contributed by atoms with Gasteiger partial charge in [-0.25, -0.2) is 0 Å². The summed E-state index contributed by atoms with van der Waals surface area (Å²) < 4.78 is 0.278. The van der Waals surface area contributed by atoms with E-state index in [1.54, 1.807) is 18.2 Å². The molecule has 1 amide bonds. The van der Waals surface area contributed by atoms with E-state index in [1.165, 1.54) is 19.3 Å². The quantitative estimate of drug-likeness (QED) is 0.832. The maximum atomic E-state index is 12.9. The standard InChI is InChI=1S/C17H19N3O2S/c21-15-12-7-6-11(9-13(12)18-17(23)19-15)16(22)20-8-2-5-14(20)10-3-1-4-10/h6-7,9-10,14H,1-5,8H2,(H2,18,19,21,23)/t14-/m1/s1. The number of amides is 1. The molecule has 1 saturated carbocycles. The van der Waals surface area contributed by atoms with Gasteiger partial charge in [0.2, 0.25) is 0 Å². The van der Waals surface area contributed by atoms with Crippen molar-refractivity contribution in [2.45, 2.75) is 38.1 Å². The van der Waals surface area contributed by atoms with Crippen molar-refractivity contribution >= 4 is 29.0 Å². The third-order valence-corrected chi connectivity index (χ3v) is 5.44. The molecule has 4 rings (SSSR count). The summed E-state index contributed by atoms with van der Waals surface area (Å²) in [4.78, 5) is 32.4. The summed E-state index contributed by atoms with van der Waals surface area (Å²) in [6.45, 7) is 0.837. The fraction of sp³-hybridized carbons (Fsp3) is 0.471. The molecule has 2 N–H and O–H groups in total. The number of hydrogen-bond donors (Lipinski definition) is 2. The third kappa shape index (κ3) is 2.51. The van der Waals surface area contributed by atoms with Crippen molar-refractivity contribution in [1.29, 1.82) is 0 Å². The minimum atomic E-state index is -0.226. The Morgan fingerprint density at radius 3 is 2.74 bits per heavy atom. The second-order valence-electron chi connectivity index (χ2n) is 6.57. The molecule has 2 fully saturated rings. The normalized spacial score (nSPS) is 21.6. The Labute approximate surface area is 138 Å². The summed E-state index contributed by atoms with van der Waals surface area (Å²) in [5.74, 6) is 0.747. The molecule has 5 nitrogen and oxygen atoms in total. The number of aromatic nitrogens is 2. The van der Waals surface area contributed by atoms with Crippen molar-refractivity contribution in [3.63, 3.8) is 0 Å². The lowest BCUT2D eigenvalue weighted by Crippen LogP contribution is -2.42. The lowest BCUT2D eigenvalue weighted by molar-refractivity contribution is 0.0626. The van der Waals surface area contributed by atoms with Gasteiger partial charge >= 0.3 is 0 Å². The predicted molar refractivity (Wildman–Crippen MR) is 91.2 cm³/mol. The summed E-state index contributed by atoms with van der Waals surface area (Å²) in [7, 11) is 0. The van der Waals surface area contributed by atoms with Crippen LogP contribution in [-0.2, 0) is 0 Å². The van der Waals surface area contributed by atoms with Gasteiger partial charge in [0.15, 0.2) is 4.77 Å². The van der Waals surface area contributed by atoms with Gasteiger partial charge in [-0.3, -0.25) is 14.6 Å². The topological polar surface area (TPSA) is 69.0 Å². The van der Waals surface area contributed by atoms with E-state index in [4.69, 9.17) is 12.2 Å². The van der Waals surface area contributed by atoms with E-state index < -0.39 is 0 Å². The van der Waals surface area contributed by atoms with Gasteiger partial charge in [0.05, 0.1) is 10.9 Å². The van der Waals surface area contributed by atoms with Crippen LogP contribution in [-0.4, -0.2) is 33.4 Å². The van der Waals surface area contributed by atoms with Gasteiger partial charge in [-0.15, -0.1) is 0 Å². The molecule has 2 aliphatic rings. The van der Waals surface area contributed by atoms with Crippen LogP contribution in [0, 0.1) is 10.7 Å². The highest BCUT2D eigenvalue weighted by molar-refractivity contribution is 7.71. The van der Waals surface area contributed by atoms with Gasteiger partial charge in [-0.2, -0.15) is 0 Å². The van der Waals surface area contributed by atoms with Crippen LogP contribution >= 0.6 is 12.2 Å². The molecule has 1 aromatic carbocycles. The average Bonchev–Trinajstić information content (AvgIpc) is 2.92. The summed E-state index contributed by atoms with van der Waals surface area (Å²) in [6, 6.07) is 5.58. The van der Waals surface area contributed by atoms with Crippen LogP contribution in [0.15, 0.2) is 23.0 Å². The lowest BCUT2D eigenvalue weighted by atomic mass is 9.78. The first-order valence-electron chi connectivity index (χ1n) is 8.21. The molecule has 0 spiro atoms. The molecular weight excluding hydrogens is 310 g/mol. The molecule has 120 valence electrons. The summed E-state index contributed by atoms with van der Waals surface area (Å²) in [5.41, 5.74) is 1.01. The fourth-order valence-corrected chi connectivity index (χ4v) is 4.03. The van der Waals surface area contributed by atoms with Crippen LogP contribution in [0.2, 0.25) is 0 Å². The molecule has 6 heteroatoms. The number of nitrogens with one attached hydrogen (secondary N) is 2. The zero-order valence-corrected chi connectivity index (χ0v) is 13.6. The van der Waals surface area contributed by atoms with Crippen molar-refractivity contribution in [3.8, 4) is 0 Å². The Hall–Kier alpha value is -1.95. The van der Waals surface area contributed by atoms with Crippen LogP contribution in [0.3, 0.4) is 0 Å². The number of carbonyl (C=O) groups excluding carboxylic acids is 1. The number of likely N-dealkylation sites (tertiary alicyclic amines) is 1. The molecule has 1 aliphatic heterocycles. The van der Waals surface area contributed by atoms with Crippen LogP contribution < -0.4 is 5.56 Å². The number of aromatic amines is 2. The lowest BCUT2D eigenvalue weighted by Gasteiger charge is -2.37. The molecule has 1 aliphatic carbocycles. The minimum Gasteiger partial charge on any atom is -0.335 e. The summed E-state index contributed by atoms with van der Waals surface area (Å²) in [5, 5.41) is 0.520. The number of rotatable bonds is 2. The van der Waals surface area contributed by atoms with Crippen LogP contribution in [0.4, 0.5) is 0 Å². The van der Waals surface area contributed by atoms with Gasteiger partial charge in [0.25, 0.3) is 11.5 Å². The molecule has 1 aromatic heterocycles. The summed E-state index contributed by atoms with van der Waals surface area (Å²) >= 11 is 5.01. The molecule has 2 aromatic rings. The number of hydrogen-bond acceptors (Lipinski definition) is 3. The number of carbonyl (C=O) groups is 1. The smallest absolute Gasteiger partial charge is 0.259 e. The SMILES string of the molecule is O=C(c1ccc2c(=O)[nH]c(=S)[nH]c2c1)N1CCC[C@@H]1C1CCC1. The van der Waals surface area contributed by atoms with Crippen LogP contribution in [0.25, 0.3) is 10.9 Å². The molecule has 0 bridgehead atoms. The first-order chi connectivity index (χ1) is 11.1. The van der Waals surface area contributed by atoms with E-state index in [0.29, 0.717) is 28.4 Å². The monoisotopic (exact) mass is 329 g/mol. The van der Waals surface area contributed by atoms with Crippen molar-refractivity contribution in [2.24, 2.45) is 5.92 Å². The fourth-order valence-electron chi connectivity index (χ4n) is 3.83. The maximum Gasteiger partial charge on any atom is 0.259 e. The molecule has 0 radical (unpaired) electrons. The van der Waals surface area contributed by atoms with Crippen molar-refractivity contribution in [3.05, 3.63) is 38.9 Å². The second-order valence-corrected chi connectivity index (χ2v) is 6.98. The largest absolute Gasteiger partial charge is 0.335 e. The zero-order chi connectivity index (χ0) is 16.0. The predicted octanol–water partition coefficient (Wildman–Crippen LogP) is 2.99. The Kier molecular flexibility index (Phi) is 3.56. The Morgan fingerprint density at radius 2 is 2.00 bits per heavy atom. The minimum absolute atomic E-state index is 0.0703. The molecule has 1 atom stereocenters. The number of nitrogens with zero attached hydrogens (tertiary/aromatic N) is 1. The summed E-state index contributed by atoms with van der Waals surface area (Å²) in [6.07, 6.45) is 5.98. The number of benzene rings is 1. The Balaban J connectivity index is 1.69. The number of H-pyrrole nitrogens is 2. The molecule has 1 saturated heterocycles. The van der Waals surface area contributed by atoms with Crippen LogP contribution in [0.1, 0.15) is 42.5 Å². The Bertz CT molecular complexity index is 881. The van der Waals surface area contributed by atoms with Gasteiger partial charge in [-0.05, 0) is 62.0 Å². The van der Waals surface area contributed by atoms with E-state index in [0.717, 1.165) is 19.4 Å². The van der Waals surface area contributed by atoms with Crippen molar-refractivity contribution < 1.29 is 4.79 Å². The highest BCUT2D eigenvalue weighted by atomic mass is 32.1. The van der Waals surface area contributed by atoms with E-state index in [-0.39, 0.29) is 16.2 Å².